The Morgan fingerprint density at radius 3 is 2.70 bits per heavy atom. The molecule has 23 heavy (non-hydrogen) atoms. The predicted molar refractivity (Wildman–Crippen MR) is 102 cm³/mol. The third-order valence-corrected chi connectivity index (χ3v) is 4.75. The second-order valence-corrected chi connectivity index (χ2v) is 7.20. The summed E-state index contributed by atoms with van der Waals surface area (Å²) in [6.07, 6.45) is 0. The van der Waals surface area contributed by atoms with E-state index in [1.807, 2.05) is 55.5 Å². The summed E-state index contributed by atoms with van der Waals surface area (Å²) in [7, 11) is 0. The summed E-state index contributed by atoms with van der Waals surface area (Å²) in [5, 5.41) is 4.85. The van der Waals surface area contributed by atoms with Gasteiger partial charge in [0.15, 0.2) is 0 Å². The highest BCUT2D eigenvalue weighted by Gasteiger charge is 2.03. The van der Waals surface area contributed by atoms with Crippen LogP contribution in [0.25, 0.3) is 0 Å². The molecule has 2 aromatic rings. The zero-order valence-corrected chi connectivity index (χ0v) is 15.7. The van der Waals surface area contributed by atoms with Gasteiger partial charge in [0.1, 0.15) is 0 Å². The molecule has 0 saturated carbocycles. The van der Waals surface area contributed by atoms with E-state index in [1.165, 1.54) is 11.8 Å². The molecule has 0 aliphatic carbocycles. The zero-order valence-electron chi connectivity index (χ0n) is 12.6. The minimum Gasteiger partial charge on any atom is -0.272 e. The Hall–Kier alpha value is -1.30. The number of benzene rings is 2. The van der Waals surface area contributed by atoms with Gasteiger partial charge in [0.2, 0.25) is 5.91 Å². The normalized spacial score (nSPS) is 11.3. The van der Waals surface area contributed by atoms with Gasteiger partial charge in [-0.05, 0) is 42.3 Å². The highest BCUT2D eigenvalue weighted by Crippen LogP contribution is 2.15. The van der Waals surface area contributed by atoms with Crippen LogP contribution in [-0.4, -0.2) is 17.4 Å². The second-order valence-electron chi connectivity index (χ2n) is 4.86. The number of nitrogens with zero attached hydrogens (tertiary/aromatic N) is 1. The van der Waals surface area contributed by atoms with Gasteiger partial charge in [0.05, 0.1) is 11.5 Å². The van der Waals surface area contributed by atoms with Crippen molar-refractivity contribution in [3.05, 3.63) is 69.2 Å². The van der Waals surface area contributed by atoms with E-state index in [4.69, 9.17) is 11.6 Å². The molecule has 3 nitrogen and oxygen atoms in total. The molecule has 0 bridgehead atoms. The molecule has 0 saturated heterocycles. The molecule has 0 spiro atoms. The fourth-order valence-corrected chi connectivity index (χ4v) is 3.10. The third-order valence-electron chi connectivity index (χ3n) is 3.01. The molecule has 1 N–H and O–H groups in total. The van der Waals surface area contributed by atoms with Crippen LogP contribution in [0.2, 0.25) is 5.02 Å². The summed E-state index contributed by atoms with van der Waals surface area (Å²) in [5.41, 5.74) is 5.46. The smallest absolute Gasteiger partial charge is 0.250 e. The van der Waals surface area contributed by atoms with Crippen molar-refractivity contribution in [2.45, 2.75) is 12.7 Å². The van der Waals surface area contributed by atoms with Gasteiger partial charge in [-0.3, -0.25) is 4.79 Å². The third kappa shape index (κ3) is 6.37. The number of thioether (sulfide) groups is 1. The molecule has 0 atom stereocenters. The highest BCUT2D eigenvalue weighted by atomic mass is 79.9. The first-order valence-electron chi connectivity index (χ1n) is 6.96. The van der Waals surface area contributed by atoms with Crippen molar-refractivity contribution in [3.8, 4) is 0 Å². The molecule has 0 aromatic heterocycles. The van der Waals surface area contributed by atoms with Gasteiger partial charge in [-0.1, -0.05) is 51.8 Å². The molecule has 0 fully saturated rings. The average molecular weight is 412 g/mol. The fourth-order valence-electron chi connectivity index (χ4n) is 1.80. The van der Waals surface area contributed by atoms with E-state index in [0.29, 0.717) is 10.8 Å². The molecule has 6 heteroatoms. The van der Waals surface area contributed by atoms with E-state index >= 15 is 0 Å². The molecular formula is C17H16BrClN2OS. The monoisotopic (exact) mass is 410 g/mol. The molecular weight excluding hydrogens is 396 g/mol. The van der Waals surface area contributed by atoms with Crippen LogP contribution >= 0.6 is 39.3 Å². The van der Waals surface area contributed by atoms with Crippen LogP contribution in [0, 0.1) is 0 Å². The van der Waals surface area contributed by atoms with Crippen molar-refractivity contribution >= 4 is 50.9 Å². The fraction of sp³-hybridized carbons (Fsp3) is 0.176. The predicted octanol–water partition coefficient (Wildman–Crippen LogP) is 4.88. The van der Waals surface area contributed by atoms with Gasteiger partial charge >= 0.3 is 0 Å². The zero-order chi connectivity index (χ0) is 16.7. The van der Waals surface area contributed by atoms with Crippen molar-refractivity contribution < 1.29 is 4.79 Å². The maximum Gasteiger partial charge on any atom is 0.250 e. The van der Waals surface area contributed by atoms with Gasteiger partial charge < -0.3 is 0 Å². The summed E-state index contributed by atoms with van der Waals surface area (Å²) in [6.45, 7) is 1.86. The molecule has 1 amide bonds. The number of amides is 1. The van der Waals surface area contributed by atoms with Gasteiger partial charge in [-0.15, -0.1) is 11.8 Å². The largest absolute Gasteiger partial charge is 0.272 e. The standard InChI is InChI=1S/C17H16BrClN2OS/c1-12(14-3-2-4-15(18)9-14)20-21-17(22)11-23-10-13-5-7-16(19)8-6-13/h2-9H,10-11H2,1H3,(H,21,22). The van der Waals surface area contributed by atoms with E-state index in [2.05, 4.69) is 26.5 Å². The molecule has 0 aliphatic heterocycles. The van der Waals surface area contributed by atoms with Gasteiger partial charge in [0, 0.05) is 15.2 Å². The Balaban J connectivity index is 1.78. The van der Waals surface area contributed by atoms with Gasteiger partial charge in [-0.25, -0.2) is 5.43 Å². The number of hydrogen-bond acceptors (Lipinski definition) is 3. The van der Waals surface area contributed by atoms with E-state index in [0.717, 1.165) is 27.1 Å². The minimum atomic E-state index is -0.113. The summed E-state index contributed by atoms with van der Waals surface area (Å²) >= 11 is 10.8. The van der Waals surface area contributed by atoms with Crippen LogP contribution in [0.5, 0.6) is 0 Å². The van der Waals surface area contributed by atoms with Crippen molar-refractivity contribution in [1.29, 1.82) is 0 Å². The lowest BCUT2D eigenvalue weighted by atomic mass is 10.1. The van der Waals surface area contributed by atoms with E-state index in [1.54, 1.807) is 0 Å². The lowest BCUT2D eigenvalue weighted by Gasteiger charge is -2.04. The van der Waals surface area contributed by atoms with Crippen LogP contribution in [0.15, 0.2) is 58.1 Å². The summed E-state index contributed by atoms with van der Waals surface area (Å²) in [6, 6.07) is 15.4. The number of carbonyl (C=O) groups excluding carboxylic acids is 1. The highest BCUT2D eigenvalue weighted by molar-refractivity contribution is 9.10. The molecule has 2 aromatic carbocycles. The van der Waals surface area contributed by atoms with Crippen LogP contribution in [-0.2, 0) is 10.5 Å². The Morgan fingerprint density at radius 1 is 1.26 bits per heavy atom. The molecule has 0 aliphatic rings. The Bertz CT molecular complexity index is 704. The lowest BCUT2D eigenvalue weighted by Crippen LogP contribution is -2.21. The molecule has 0 radical (unpaired) electrons. The second kappa shape index (κ2) is 9.11. The van der Waals surface area contributed by atoms with Crippen molar-refractivity contribution in [3.63, 3.8) is 0 Å². The van der Waals surface area contributed by atoms with Crippen molar-refractivity contribution in [2.75, 3.05) is 5.75 Å². The summed E-state index contributed by atoms with van der Waals surface area (Å²) in [4.78, 5) is 11.8. The molecule has 0 unspecified atom stereocenters. The van der Waals surface area contributed by atoms with Gasteiger partial charge in [0.25, 0.3) is 0 Å². The number of hydrogen-bond donors (Lipinski definition) is 1. The first-order chi connectivity index (χ1) is 11.0. The number of hydrazone groups is 1. The Kier molecular flexibility index (Phi) is 7.15. The lowest BCUT2D eigenvalue weighted by molar-refractivity contribution is -0.118. The first kappa shape index (κ1) is 18.0. The minimum absolute atomic E-state index is 0.113. The quantitative estimate of drug-likeness (QED) is 0.544. The topological polar surface area (TPSA) is 41.5 Å². The first-order valence-corrected chi connectivity index (χ1v) is 9.28. The Labute approximate surface area is 153 Å². The summed E-state index contributed by atoms with van der Waals surface area (Å²) < 4.78 is 0.981. The van der Waals surface area contributed by atoms with E-state index in [-0.39, 0.29) is 5.91 Å². The van der Waals surface area contributed by atoms with E-state index in [9.17, 15) is 4.79 Å². The van der Waals surface area contributed by atoms with Crippen LogP contribution in [0.4, 0.5) is 0 Å². The van der Waals surface area contributed by atoms with E-state index < -0.39 is 0 Å². The van der Waals surface area contributed by atoms with Gasteiger partial charge in [-0.2, -0.15) is 5.10 Å². The molecule has 2 rings (SSSR count). The number of rotatable bonds is 6. The van der Waals surface area contributed by atoms with Crippen LogP contribution in [0.1, 0.15) is 18.1 Å². The summed E-state index contributed by atoms with van der Waals surface area (Å²) in [5.74, 6) is 1.01. The number of nitrogens with one attached hydrogen (secondary N) is 1. The maximum atomic E-state index is 11.8. The number of carbonyl (C=O) groups is 1. The van der Waals surface area contributed by atoms with Crippen LogP contribution in [0.3, 0.4) is 0 Å². The maximum absolute atomic E-state index is 11.8. The number of halogens is 2. The Morgan fingerprint density at radius 2 is 2.00 bits per heavy atom. The molecule has 0 heterocycles. The van der Waals surface area contributed by atoms with Crippen molar-refractivity contribution in [2.24, 2.45) is 5.10 Å². The van der Waals surface area contributed by atoms with Crippen molar-refractivity contribution in [1.82, 2.24) is 5.43 Å². The SMILES string of the molecule is CC(=NNC(=O)CSCc1ccc(Cl)cc1)c1cccc(Br)c1. The average Bonchev–Trinajstić information content (AvgIpc) is 2.54. The van der Waals surface area contributed by atoms with Crippen LogP contribution < -0.4 is 5.43 Å². The molecule has 120 valence electrons.